The topological polar surface area (TPSA) is 15.3 Å². The maximum absolute atomic E-state index is 11.7. The van der Waals surface area contributed by atoms with Gasteiger partial charge in [-0.2, -0.15) is 0 Å². The molecule has 1 atom stereocenters. The quantitative estimate of drug-likeness (QED) is 0.588. The first-order chi connectivity index (χ1) is 5.72. The average molecular weight is 176 g/mol. The summed E-state index contributed by atoms with van der Waals surface area (Å²) in [5.41, 5.74) is 0. The molecule has 1 N–H and O–H groups in total. The van der Waals surface area contributed by atoms with Crippen LogP contribution in [0.3, 0.4) is 0 Å². The third-order valence-corrected chi connectivity index (χ3v) is 2.26. The molecule has 0 bridgehead atoms. The van der Waals surface area contributed by atoms with Crippen LogP contribution in [0.1, 0.15) is 20.3 Å². The van der Waals surface area contributed by atoms with Crippen molar-refractivity contribution in [2.45, 2.75) is 26.3 Å². The van der Waals surface area contributed by atoms with E-state index in [4.69, 9.17) is 0 Å². The fourth-order valence-corrected chi connectivity index (χ4v) is 0.979. The molecule has 0 saturated heterocycles. The van der Waals surface area contributed by atoms with Crippen LogP contribution in [0.5, 0.6) is 0 Å². The van der Waals surface area contributed by atoms with Crippen LogP contribution < -0.4 is 5.32 Å². The fraction of sp³-hybridized carbons (Fsp3) is 1.00. The second kappa shape index (κ2) is 7.50. The van der Waals surface area contributed by atoms with E-state index in [9.17, 15) is 4.39 Å². The Labute approximate surface area is 75.1 Å². The smallest absolute Gasteiger partial charge is 0.102 e. The summed E-state index contributed by atoms with van der Waals surface area (Å²) in [6.07, 6.45) is 1.17. The van der Waals surface area contributed by atoms with Gasteiger partial charge in [0.25, 0.3) is 0 Å². The van der Waals surface area contributed by atoms with Crippen LogP contribution in [-0.2, 0) is 0 Å². The van der Waals surface area contributed by atoms with E-state index in [2.05, 4.69) is 31.1 Å². The predicted octanol–water partition coefficient (Wildman–Crippen LogP) is 1.28. The van der Waals surface area contributed by atoms with Crippen LogP contribution >= 0.6 is 0 Å². The number of hydrogen-bond acceptors (Lipinski definition) is 2. The predicted molar refractivity (Wildman–Crippen MR) is 51.2 cm³/mol. The molecule has 0 heterocycles. The molecule has 12 heavy (non-hydrogen) atoms. The molecular formula is C9H21FN2. The Hall–Kier alpha value is -0.150. The summed E-state index contributed by atoms with van der Waals surface area (Å²) in [6.45, 7) is 6.46. The number of likely N-dealkylation sites (N-methyl/N-ethyl adjacent to an activating group) is 1. The fourth-order valence-electron chi connectivity index (χ4n) is 0.979. The highest BCUT2D eigenvalue weighted by Gasteiger charge is 2.04. The van der Waals surface area contributed by atoms with Gasteiger partial charge in [-0.15, -0.1) is 0 Å². The van der Waals surface area contributed by atoms with Gasteiger partial charge >= 0.3 is 0 Å². The zero-order valence-corrected chi connectivity index (χ0v) is 8.44. The highest BCUT2D eigenvalue weighted by Crippen LogP contribution is 1.97. The van der Waals surface area contributed by atoms with E-state index in [1.165, 1.54) is 6.42 Å². The molecule has 0 radical (unpaired) electrons. The third-order valence-electron chi connectivity index (χ3n) is 2.26. The van der Waals surface area contributed by atoms with Crippen molar-refractivity contribution < 1.29 is 4.39 Å². The maximum atomic E-state index is 11.7. The summed E-state index contributed by atoms with van der Waals surface area (Å²) < 4.78 is 11.7. The summed E-state index contributed by atoms with van der Waals surface area (Å²) in [5, 5.41) is 3.03. The first-order valence-electron chi connectivity index (χ1n) is 4.69. The molecule has 1 unspecified atom stereocenters. The lowest BCUT2D eigenvalue weighted by Crippen LogP contribution is -2.35. The van der Waals surface area contributed by atoms with Crippen LogP contribution in [-0.4, -0.2) is 44.3 Å². The number of nitrogens with one attached hydrogen (secondary N) is 1. The molecule has 0 amide bonds. The van der Waals surface area contributed by atoms with E-state index < -0.39 is 0 Å². The van der Waals surface area contributed by atoms with Crippen molar-refractivity contribution in [1.82, 2.24) is 10.2 Å². The number of alkyl halides is 1. The molecule has 74 valence electrons. The van der Waals surface area contributed by atoms with Crippen LogP contribution in [0.2, 0.25) is 0 Å². The molecule has 0 rings (SSSR count). The van der Waals surface area contributed by atoms with Crippen LogP contribution in [0.25, 0.3) is 0 Å². The Morgan fingerprint density at radius 1 is 1.42 bits per heavy atom. The minimum absolute atomic E-state index is 0.271. The molecule has 0 aromatic carbocycles. The molecule has 0 aliphatic rings. The van der Waals surface area contributed by atoms with Gasteiger partial charge in [-0.3, -0.25) is 0 Å². The van der Waals surface area contributed by atoms with Crippen molar-refractivity contribution in [3.05, 3.63) is 0 Å². The van der Waals surface area contributed by atoms with Crippen molar-refractivity contribution in [1.29, 1.82) is 0 Å². The Bertz CT molecular complexity index is 98.5. The molecule has 0 aromatic rings. The number of hydrogen-bond donors (Lipinski definition) is 1. The molecule has 0 fully saturated rings. The van der Waals surface area contributed by atoms with E-state index in [1.54, 1.807) is 0 Å². The Balaban J connectivity index is 3.24. The molecule has 0 spiro atoms. The van der Waals surface area contributed by atoms with Gasteiger partial charge < -0.3 is 10.2 Å². The van der Waals surface area contributed by atoms with E-state index in [-0.39, 0.29) is 6.67 Å². The van der Waals surface area contributed by atoms with Gasteiger partial charge in [-0.25, -0.2) is 4.39 Å². The van der Waals surface area contributed by atoms with Crippen LogP contribution in [0, 0.1) is 0 Å². The highest BCUT2D eigenvalue weighted by molar-refractivity contribution is 4.61. The normalized spacial score (nSPS) is 13.8. The van der Waals surface area contributed by atoms with Crippen molar-refractivity contribution in [3.63, 3.8) is 0 Å². The average Bonchev–Trinajstić information content (AvgIpc) is 2.10. The van der Waals surface area contributed by atoms with Crippen molar-refractivity contribution >= 4 is 0 Å². The van der Waals surface area contributed by atoms with E-state index >= 15 is 0 Å². The third kappa shape index (κ3) is 5.49. The highest BCUT2D eigenvalue weighted by atomic mass is 19.1. The lowest BCUT2D eigenvalue weighted by atomic mass is 10.2. The SMILES string of the molecule is CCC(C)N(C)CCNCCF. The number of halogens is 1. The number of nitrogens with zero attached hydrogens (tertiary/aromatic N) is 1. The second-order valence-electron chi connectivity index (χ2n) is 3.18. The monoisotopic (exact) mass is 176 g/mol. The molecule has 0 saturated carbocycles. The molecule has 0 aliphatic carbocycles. The number of rotatable bonds is 7. The molecule has 0 aliphatic heterocycles. The first-order valence-corrected chi connectivity index (χ1v) is 4.69. The van der Waals surface area contributed by atoms with Crippen LogP contribution in [0.15, 0.2) is 0 Å². The van der Waals surface area contributed by atoms with E-state index in [0.717, 1.165) is 13.1 Å². The standard InChI is InChI=1S/C9H21FN2/c1-4-9(2)12(3)8-7-11-6-5-10/h9,11H,4-8H2,1-3H3. The zero-order chi connectivity index (χ0) is 9.40. The summed E-state index contributed by atoms with van der Waals surface area (Å²) in [5.74, 6) is 0. The molecular weight excluding hydrogens is 155 g/mol. The van der Waals surface area contributed by atoms with Gasteiger partial charge in [0.1, 0.15) is 6.67 Å². The molecule has 3 heteroatoms. The lowest BCUT2D eigenvalue weighted by molar-refractivity contribution is 0.251. The Kier molecular flexibility index (Phi) is 7.40. The zero-order valence-electron chi connectivity index (χ0n) is 8.44. The van der Waals surface area contributed by atoms with Gasteiger partial charge in [-0.1, -0.05) is 6.92 Å². The van der Waals surface area contributed by atoms with Crippen molar-refractivity contribution in [3.8, 4) is 0 Å². The largest absolute Gasteiger partial charge is 0.313 e. The summed E-state index contributed by atoms with van der Waals surface area (Å²) in [6, 6.07) is 0.622. The maximum Gasteiger partial charge on any atom is 0.102 e. The van der Waals surface area contributed by atoms with Gasteiger partial charge in [0.05, 0.1) is 0 Å². The van der Waals surface area contributed by atoms with E-state index in [0.29, 0.717) is 12.6 Å². The minimum Gasteiger partial charge on any atom is -0.313 e. The van der Waals surface area contributed by atoms with Gasteiger partial charge in [0.2, 0.25) is 0 Å². The Morgan fingerprint density at radius 2 is 2.08 bits per heavy atom. The van der Waals surface area contributed by atoms with Gasteiger partial charge in [-0.05, 0) is 20.4 Å². The van der Waals surface area contributed by atoms with Gasteiger partial charge in [0, 0.05) is 25.7 Å². The van der Waals surface area contributed by atoms with Crippen molar-refractivity contribution in [2.75, 3.05) is 33.4 Å². The van der Waals surface area contributed by atoms with Crippen LogP contribution in [0.4, 0.5) is 4.39 Å². The van der Waals surface area contributed by atoms with Gasteiger partial charge in [0.15, 0.2) is 0 Å². The minimum atomic E-state index is -0.271. The molecule has 2 nitrogen and oxygen atoms in total. The summed E-state index contributed by atoms with van der Waals surface area (Å²) in [4.78, 5) is 2.28. The molecule has 0 aromatic heterocycles. The Morgan fingerprint density at radius 3 is 2.58 bits per heavy atom. The summed E-state index contributed by atoms with van der Waals surface area (Å²) >= 11 is 0. The van der Waals surface area contributed by atoms with E-state index in [1.807, 2.05) is 0 Å². The summed E-state index contributed by atoms with van der Waals surface area (Å²) in [7, 11) is 2.10. The second-order valence-corrected chi connectivity index (χ2v) is 3.18. The lowest BCUT2D eigenvalue weighted by Gasteiger charge is -2.23. The first kappa shape index (κ1) is 11.8. The van der Waals surface area contributed by atoms with Crippen molar-refractivity contribution in [2.24, 2.45) is 0 Å².